The molecule has 0 spiro atoms. The van der Waals surface area contributed by atoms with Gasteiger partial charge in [-0.15, -0.1) is 0 Å². The second-order valence-electron chi connectivity index (χ2n) is 14.1. The molecule has 0 N–H and O–H groups in total. The maximum atomic E-state index is 6.56. The van der Waals surface area contributed by atoms with Crippen LogP contribution in [0.4, 0.5) is 0 Å². The molecule has 0 fully saturated rings. The number of nitrogens with zero attached hydrogens (tertiary/aromatic N) is 3. The van der Waals surface area contributed by atoms with E-state index in [1.54, 1.807) is 0 Å². The van der Waals surface area contributed by atoms with Gasteiger partial charge in [0.05, 0.1) is 0 Å². The third-order valence-electron chi connectivity index (χ3n) is 10.7. The third kappa shape index (κ3) is 5.51. The summed E-state index contributed by atoms with van der Waals surface area (Å²) in [7, 11) is 0. The largest absolute Gasteiger partial charge is 0.456 e. The summed E-state index contributed by atoms with van der Waals surface area (Å²) in [5.74, 6) is 1.83. The van der Waals surface area contributed by atoms with Gasteiger partial charge in [0.25, 0.3) is 0 Å². The van der Waals surface area contributed by atoms with Crippen molar-refractivity contribution in [3.63, 3.8) is 0 Å². The van der Waals surface area contributed by atoms with Crippen molar-refractivity contribution < 1.29 is 4.42 Å². The fourth-order valence-electron chi connectivity index (χ4n) is 7.84. The van der Waals surface area contributed by atoms with E-state index in [9.17, 15) is 0 Å². The maximum absolute atomic E-state index is 6.56. The highest BCUT2D eigenvalue weighted by Crippen LogP contribution is 2.39. The molecule has 4 heteroatoms. The Kier molecular flexibility index (Phi) is 7.14. The molecule has 0 bridgehead atoms. The molecule has 2 aromatic heterocycles. The molecule has 256 valence electrons. The molecule has 0 amide bonds. The average Bonchev–Trinajstić information content (AvgIpc) is 3.64. The summed E-state index contributed by atoms with van der Waals surface area (Å²) in [5, 5.41) is 9.02. The second-order valence-corrected chi connectivity index (χ2v) is 14.1. The zero-order valence-corrected chi connectivity index (χ0v) is 29.6. The molecule has 55 heavy (non-hydrogen) atoms. The van der Waals surface area contributed by atoms with Crippen molar-refractivity contribution in [2.75, 3.05) is 0 Å². The fourth-order valence-corrected chi connectivity index (χ4v) is 7.84. The van der Waals surface area contributed by atoms with Gasteiger partial charge in [-0.05, 0) is 97.0 Å². The predicted molar refractivity (Wildman–Crippen MR) is 227 cm³/mol. The van der Waals surface area contributed by atoms with Crippen molar-refractivity contribution >= 4 is 54.3 Å². The van der Waals surface area contributed by atoms with Crippen molar-refractivity contribution in [3.8, 4) is 56.4 Å². The van der Waals surface area contributed by atoms with Crippen molar-refractivity contribution in [2.24, 2.45) is 0 Å². The first-order chi connectivity index (χ1) is 27.2. The Balaban J connectivity index is 1.07. The monoisotopic (exact) mass is 701 g/mol. The second kappa shape index (κ2) is 12.6. The first-order valence-electron chi connectivity index (χ1n) is 18.5. The van der Waals surface area contributed by atoms with Gasteiger partial charge in [-0.3, -0.25) is 0 Å². The van der Waals surface area contributed by atoms with Crippen LogP contribution < -0.4 is 0 Å². The van der Waals surface area contributed by atoms with E-state index in [0.29, 0.717) is 17.5 Å². The van der Waals surface area contributed by atoms with E-state index >= 15 is 0 Å². The van der Waals surface area contributed by atoms with Crippen LogP contribution in [0, 0.1) is 0 Å². The van der Waals surface area contributed by atoms with Gasteiger partial charge in [0, 0.05) is 27.5 Å². The third-order valence-corrected chi connectivity index (χ3v) is 10.7. The molecule has 11 aromatic rings. The van der Waals surface area contributed by atoms with Gasteiger partial charge in [-0.2, -0.15) is 0 Å². The molecule has 0 aliphatic rings. The van der Waals surface area contributed by atoms with Gasteiger partial charge < -0.3 is 4.42 Å². The lowest BCUT2D eigenvalue weighted by Crippen LogP contribution is -2.00. The number of benzene rings is 9. The number of hydrogen-bond acceptors (Lipinski definition) is 4. The maximum Gasteiger partial charge on any atom is 0.164 e. The van der Waals surface area contributed by atoms with Crippen molar-refractivity contribution in [1.29, 1.82) is 0 Å². The highest BCUT2D eigenvalue weighted by molar-refractivity contribution is 6.12. The standard InChI is InChI=1S/C51H31N3O/c1-2-9-32(10-3-1)37-20-21-40-30-43(24-22-38(40)28-37)50-52-49(42-23-18-34-12-5-7-14-36(34)29-42)53-51(54-50)45-15-8-16-46-48(45)44-26-25-41(31-47(44)55-46)39-19-17-33-11-4-6-13-35(33)27-39/h1-31H. The summed E-state index contributed by atoms with van der Waals surface area (Å²) in [5.41, 5.74) is 9.00. The van der Waals surface area contributed by atoms with E-state index in [2.05, 4.69) is 170 Å². The highest BCUT2D eigenvalue weighted by Gasteiger charge is 2.19. The van der Waals surface area contributed by atoms with Gasteiger partial charge in [0.15, 0.2) is 17.5 Å². The molecule has 0 saturated heterocycles. The Morgan fingerprint density at radius 1 is 0.291 bits per heavy atom. The molecule has 0 unspecified atom stereocenters. The predicted octanol–water partition coefficient (Wildman–Crippen LogP) is 13.6. The molecule has 0 radical (unpaired) electrons. The van der Waals surface area contributed by atoms with Crippen LogP contribution in [-0.4, -0.2) is 15.0 Å². The summed E-state index contributed by atoms with van der Waals surface area (Å²) >= 11 is 0. The lowest BCUT2D eigenvalue weighted by molar-refractivity contribution is 0.669. The molecule has 0 atom stereocenters. The lowest BCUT2D eigenvalue weighted by atomic mass is 9.99. The van der Waals surface area contributed by atoms with Crippen LogP contribution in [0.15, 0.2) is 192 Å². The zero-order chi connectivity index (χ0) is 36.3. The summed E-state index contributed by atoms with van der Waals surface area (Å²) < 4.78 is 6.56. The topological polar surface area (TPSA) is 51.8 Å². The van der Waals surface area contributed by atoms with Crippen molar-refractivity contribution in [2.45, 2.75) is 0 Å². The summed E-state index contributed by atoms with van der Waals surface area (Å²) in [6, 6.07) is 65.9. The van der Waals surface area contributed by atoms with Crippen molar-refractivity contribution in [1.82, 2.24) is 15.0 Å². The number of furan rings is 1. The van der Waals surface area contributed by atoms with E-state index in [4.69, 9.17) is 19.4 Å². The van der Waals surface area contributed by atoms with Crippen LogP contribution in [-0.2, 0) is 0 Å². The summed E-state index contributed by atoms with van der Waals surface area (Å²) in [6.45, 7) is 0. The average molecular weight is 702 g/mol. The normalized spacial score (nSPS) is 11.6. The Hall–Kier alpha value is -7.43. The Morgan fingerprint density at radius 2 is 0.764 bits per heavy atom. The Bertz CT molecular complexity index is 3270. The van der Waals surface area contributed by atoms with Crippen LogP contribution in [0.1, 0.15) is 0 Å². The van der Waals surface area contributed by atoms with Gasteiger partial charge in [-0.25, -0.2) is 15.0 Å². The van der Waals surface area contributed by atoms with Gasteiger partial charge >= 0.3 is 0 Å². The minimum atomic E-state index is 0.597. The molecule has 9 aromatic carbocycles. The zero-order valence-electron chi connectivity index (χ0n) is 29.6. The minimum absolute atomic E-state index is 0.597. The smallest absolute Gasteiger partial charge is 0.164 e. The first kappa shape index (κ1) is 31.1. The van der Waals surface area contributed by atoms with Crippen LogP contribution in [0.25, 0.3) is 111 Å². The van der Waals surface area contributed by atoms with Crippen LogP contribution in [0.2, 0.25) is 0 Å². The van der Waals surface area contributed by atoms with Crippen LogP contribution in [0.5, 0.6) is 0 Å². The molecule has 2 heterocycles. The van der Waals surface area contributed by atoms with E-state index in [-0.39, 0.29) is 0 Å². The Labute approximate surface area is 317 Å². The Morgan fingerprint density at radius 3 is 1.42 bits per heavy atom. The van der Waals surface area contributed by atoms with Crippen molar-refractivity contribution in [3.05, 3.63) is 188 Å². The number of rotatable bonds is 5. The van der Waals surface area contributed by atoms with E-state index < -0.39 is 0 Å². The highest BCUT2D eigenvalue weighted by atomic mass is 16.3. The van der Waals surface area contributed by atoms with Crippen LogP contribution >= 0.6 is 0 Å². The molecule has 11 rings (SSSR count). The lowest BCUT2D eigenvalue weighted by Gasteiger charge is -2.11. The number of fused-ring (bicyclic) bond motifs is 6. The molecule has 0 aliphatic carbocycles. The molecular weight excluding hydrogens is 671 g/mol. The molecular formula is C51H31N3O. The summed E-state index contributed by atoms with van der Waals surface area (Å²) in [4.78, 5) is 15.5. The molecule has 0 aliphatic heterocycles. The quantitative estimate of drug-likeness (QED) is 0.179. The minimum Gasteiger partial charge on any atom is -0.456 e. The van der Waals surface area contributed by atoms with E-state index in [1.165, 1.54) is 27.3 Å². The number of hydrogen-bond donors (Lipinski definition) is 0. The van der Waals surface area contributed by atoms with Crippen LogP contribution in [0.3, 0.4) is 0 Å². The fraction of sp³-hybridized carbons (Fsp3) is 0. The van der Waals surface area contributed by atoms with E-state index in [0.717, 1.165) is 65.9 Å². The number of aromatic nitrogens is 3. The molecule has 0 saturated carbocycles. The van der Waals surface area contributed by atoms with Gasteiger partial charge in [0.2, 0.25) is 0 Å². The van der Waals surface area contributed by atoms with Gasteiger partial charge in [0.1, 0.15) is 11.2 Å². The van der Waals surface area contributed by atoms with Gasteiger partial charge in [-0.1, -0.05) is 146 Å². The first-order valence-corrected chi connectivity index (χ1v) is 18.5. The summed E-state index contributed by atoms with van der Waals surface area (Å²) in [6.07, 6.45) is 0. The molecule has 4 nitrogen and oxygen atoms in total. The SMILES string of the molecule is c1ccc(-c2ccc3cc(-c4nc(-c5ccc6ccccc6c5)nc(-c5cccc6oc7cc(-c8ccc9ccccc9c8)ccc7c56)n4)ccc3c2)cc1. The van der Waals surface area contributed by atoms with E-state index in [1.807, 2.05) is 18.2 Å².